The Morgan fingerprint density at radius 2 is 1.72 bits per heavy atom. The first-order valence-corrected chi connectivity index (χ1v) is 9.60. The second kappa shape index (κ2) is 8.68. The molecule has 0 aromatic heterocycles. The van der Waals surface area contributed by atoms with Crippen molar-refractivity contribution in [3.63, 3.8) is 0 Å². The molecule has 2 fully saturated rings. The Morgan fingerprint density at radius 3 is 2.32 bits per heavy atom. The second-order valence-corrected chi connectivity index (χ2v) is 7.26. The van der Waals surface area contributed by atoms with Crippen LogP contribution in [0, 0.1) is 0 Å². The van der Waals surface area contributed by atoms with Crippen LogP contribution in [0.5, 0.6) is 5.75 Å². The summed E-state index contributed by atoms with van der Waals surface area (Å²) in [6.07, 6.45) is 6.44. The zero-order valence-electron chi connectivity index (χ0n) is 15.5. The van der Waals surface area contributed by atoms with Gasteiger partial charge in [0.25, 0.3) is 0 Å². The first-order valence-electron chi connectivity index (χ1n) is 9.60. The standard InChI is InChI=1S/C20H31N3O2/c1-16(20(24)21-17-6-8-19(25-2)9-7-17)22-14-10-18(11-15-22)23-12-4-3-5-13-23/h6-9,16,18H,3-5,10-15H2,1-2H3,(H,21,24). The van der Waals surface area contributed by atoms with E-state index in [0.717, 1.165) is 24.5 Å². The SMILES string of the molecule is COc1ccc(NC(=O)C(C)N2CCC(N3CCCCC3)CC2)cc1. The van der Waals surface area contributed by atoms with Crippen LogP contribution in [0.2, 0.25) is 0 Å². The predicted molar refractivity (Wildman–Crippen MR) is 101 cm³/mol. The topological polar surface area (TPSA) is 44.8 Å². The summed E-state index contributed by atoms with van der Waals surface area (Å²) in [4.78, 5) is 17.5. The van der Waals surface area contributed by atoms with Crippen molar-refractivity contribution < 1.29 is 9.53 Å². The Bertz CT molecular complexity index is 547. The number of carbonyl (C=O) groups excluding carboxylic acids is 1. The van der Waals surface area contributed by atoms with Gasteiger partial charge in [0, 0.05) is 24.8 Å². The summed E-state index contributed by atoms with van der Waals surface area (Å²) in [7, 11) is 1.64. The maximum absolute atomic E-state index is 12.6. The molecule has 0 bridgehead atoms. The third-order valence-electron chi connectivity index (χ3n) is 5.69. The summed E-state index contributed by atoms with van der Waals surface area (Å²) in [6.45, 7) is 6.56. The van der Waals surface area contributed by atoms with Crippen LogP contribution in [0.3, 0.4) is 0 Å². The Hall–Kier alpha value is -1.59. The maximum Gasteiger partial charge on any atom is 0.241 e. The highest BCUT2D eigenvalue weighted by Crippen LogP contribution is 2.22. The summed E-state index contributed by atoms with van der Waals surface area (Å²) < 4.78 is 5.15. The molecule has 1 N–H and O–H groups in total. The number of piperidine rings is 2. The highest BCUT2D eigenvalue weighted by Gasteiger charge is 2.29. The van der Waals surface area contributed by atoms with Gasteiger partial charge in [-0.25, -0.2) is 0 Å². The monoisotopic (exact) mass is 345 g/mol. The number of hydrogen-bond donors (Lipinski definition) is 1. The Labute approximate surface area is 151 Å². The van der Waals surface area contributed by atoms with E-state index in [1.807, 2.05) is 31.2 Å². The fourth-order valence-electron chi connectivity index (χ4n) is 4.01. The van der Waals surface area contributed by atoms with Crippen molar-refractivity contribution >= 4 is 11.6 Å². The third kappa shape index (κ3) is 4.73. The fraction of sp³-hybridized carbons (Fsp3) is 0.650. The number of carbonyl (C=O) groups is 1. The minimum Gasteiger partial charge on any atom is -0.497 e. The summed E-state index contributed by atoms with van der Waals surface area (Å²) in [5, 5.41) is 3.02. The molecule has 5 nitrogen and oxygen atoms in total. The fourth-order valence-corrected chi connectivity index (χ4v) is 4.01. The van der Waals surface area contributed by atoms with E-state index in [1.165, 1.54) is 45.2 Å². The number of hydrogen-bond acceptors (Lipinski definition) is 4. The van der Waals surface area contributed by atoms with Crippen LogP contribution < -0.4 is 10.1 Å². The van der Waals surface area contributed by atoms with E-state index in [4.69, 9.17) is 4.74 Å². The molecule has 2 aliphatic heterocycles. The number of rotatable bonds is 5. The quantitative estimate of drug-likeness (QED) is 0.891. The van der Waals surface area contributed by atoms with E-state index in [-0.39, 0.29) is 11.9 Å². The van der Waals surface area contributed by atoms with Crippen LogP contribution >= 0.6 is 0 Å². The molecule has 1 amide bonds. The molecule has 2 aliphatic rings. The lowest BCUT2D eigenvalue weighted by atomic mass is 9.99. The summed E-state index contributed by atoms with van der Waals surface area (Å²) in [6, 6.07) is 8.12. The number of anilines is 1. The zero-order chi connectivity index (χ0) is 17.6. The highest BCUT2D eigenvalue weighted by atomic mass is 16.5. The van der Waals surface area contributed by atoms with Crippen molar-refractivity contribution in [3.8, 4) is 5.75 Å². The van der Waals surface area contributed by atoms with Crippen molar-refractivity contribution in [3.05, 3.63) is 24.3 Å². The van der Waals surface area contributed by atoms with Gasteiger partial charge in [-0.3, -0.25) is 9.69 Å². The van der Waals surface area contributed by atoms with Crippen molar-refractivity contribution in [2.24, 2.45) is 0 Å². The molecular weight excluding hydrogens is 314 g/mol. The van der Waals surface area contributed by atoms with E-state index in [1.54, 1.807) is 7.11 Å². The largest absolute Gasteiger partial charge is 0.497 e. The van der Waals surface area contributed by atoms with Gasteiger partial charge in [0.2, 0.25) is 5.91 Å². The lowest BCUT2D eigenvalue weighted by molar-refractivity contribution is -0.121. The average molecular weight is 345 g/mol. The van der Waals surface area contributed by atoms with Crippen LogP contribution in [0.1, 0.15) is 39.0 Å². The normalized spacial score (nSPS) is 21.7. The molecule has 1 aromatic carbocycles. The first-order chi connectivity index (χ1) is 12.2. The van der Waals surface area contributed by atoms with E-state index in [9.17, 15) is 4.79 Å². The molecule has 2 saturated heterocycles. The number of methoxy groups -OCH3 is 1. The van der Waals surface area contributed by atoms with E-state index < -0.39 is 0 Å². The van der Waals surface area contributed by atoms with Crippen LogP contribution in [0.25, 0.3) is 0 Å². The molecule has 0 spiro atoms. The van der Waals surface area contributed by atoms with Crippen LogP contribution in [-0.4, -0.2) is 61.1 Å². The van der Waals surface area contributed by atoms with Crippen LogP contribution in [0.4, 0.5) is 5.69 Å². The molecule has 138 valence electrons. The van der Waals surface area contributed by atoms with Crippen LogP contribution in [0.15, 0.2) is 24.3 Å². The van der Waals surface area contributed by atoms with E-state index in [0.29, 0.717) is 6.04 Å². The number of nitrogens with zero attached hydrogens (tertiary/aromatic N) is 2. The van der Waals surface area contributed by atoms with Gasteiger partial charge >= 0.3 is 0 Å². The lowest BCUT2D eigenvalue weighted by Crippen LogP contribution is -2.51. The molecule has 3 rings (SSSR count). The van der Waals surface area contributed by atoms with Gasteiger partial charge in [-0.1, -0.05) is 6.42 Å². The number of ether oxygens (including phenoxy) is 1. The average Bonchev–Trinajstić information content (AvgIpc) is 2.69. The molecule has 5 heteroatoms. The molecule has 0 radical (unpaired) electrons. The molecule has 2 heterocycles. The molecule has 0 saturated carbocycles. The van der Waals surface area contributed by atoms with Crippen molar-refractivity contribution in [1.29, 1.82) is 0 Å². The van der Waals surface area contributed by atoms with Crippen molar-refractivity contribution in [2.45, 2.75) is 51.1 Å². The summed E-state index contributed by atoms with van der Waals surface area (Å²) in [5.74, 6) is 0.868. The van der Waals surface area contributed by atoms with E-state index >= 15 is 0 Å². The molecule has 1 unspecified atom stereocenters. The van der Waals surface area contributed by atoms with Crippen molar-refractivity contribution in [1.82, 2.24) is 9.80 Å². The number of nitrogens with one attached hydrogen (secondary N) is 1. The zero-order valence-corrected chi connectivity index (χ0v) is 15.5. The Balaban J connectivity index is 1.47. The number of benzene rings is 1. The van der Waals surface area contributed by atoms with Gasteiger partial charge in [-0.2, -0.15) is 0 Å². The molecule has 25 heavy (non-hydrogen) atoms. The second-order valence-electron chi connectivity index (χ2n) is 7.26. The predicted octanol–water partition coefficient (Wildman–Crippen LogP) is 2.97. The smallest absolute Gasteiger partial charge is 0.241 e. The minimum absolute atomic E-state index is 0.0709. The minimum atomic E-state index is -0.0931. The van der Waals surface area contributed by atoms with Gasteiger partial charge in [0.1, 0.15) is 5.75 Å². The molecule has 0 aliphatic carbocycles. The summed E-state index contributed by atoms with van der Waals surface area (Å²) >= 11 is 0. The third-order valence-corrected chi connectivity index (χ3v) is 5.69. The lowest BCUT2D eigenvalue weighted by Gasteiger charge is -2.41. The number of amides is 1. The van der Waals surface area contributed by atoms with Gasteiger partial charge in [0.05, 0.1) is 13.2 Å². The van der Waals surface area contributed by atoms with Crippen molar-refractivity contribution in [2.75, 3.05) is 38.6 Å². The first kappa shape index (κ1) is 18.2. The van der Waals surface area contributed by atoms with Crippen LogP contribution in [-0.2, 0) is 4.79 Å². The van der Waals surface area contributed by atoms with Gasteiger partial charge in [0.15, 0.2) is 0 Å². The van der Waals surface area contributed by atoms with Gasteiger partial charge in [-0.15, -0.1) is 0 Å². The Kier molecular flexibility index (Phi) is 6.32. The maximum atomic E-state index is 12.6. The Morgan fingerprint density at radius 1 is 1.08 bits per heavy atom. The molecule has 1 atom stereocenters. The number of likely N-dealkylation sites (tertiary alicyclic amines) is 2. The molecule has 1 aromatic rings. The molecular formula is C20H31N3O2. The van der Waals surface area contributed by atoms with Gasteiger partial charge in [-0.05, 0) is 70.0 Å². The highest BCUT2D eigenvalue weighted by molar-refractivity contribution is 5.94. The van der Waals surface area contributed by atoms with Gasteiger partial charge < -0.3 is 15.0 Å². The van der Waals surface area contributed by atoms with E-state index in [2.05, 4.69) is 15.1 Å². The summed E-state index contributed by atoms with van der Waals surface area (Å²) in [5.41, 5.74) is 0.820.